The van der Waals surface area contributed by atoms with Crippen LogP contribution in [0.15, 0.2) is 54.9 Å². The maximum atomic E-state index is 11.8. The number of Topliss-reactive ketones (excluding diaryl/α,β-unsaturated/α-hetero) is 1. The fourth-order valence-electron chi connectivity index (χ4n) is 1.51. The normalized spacial score (nSPS) is 9.83. The summed E-state index contributed by atoms with van der Waals surface area (Å²) in [5.41, 5.74) is 3.89. The van der Waals surface area contributed by atoms with Gasteiger partial charge >= 0.3 is 5.91 Å². The molecule has 0 radical (unpaired) electrons. The van der Waals surface area contributed by atoms with E-state index in [1.807, 2.05) is 6.07 Å². The van der Waals surface area contributed by atoms with Gasteiger partial charge in [-0.25, -0.2) is 0 Å². The van der Waals surface area contributed by atoms with Crippen molar-refractivity contribution < 1.29 is 14.3 Å². The standard InChI is InChI=1S/C14H12N2O2/c1-11(17)12-7-9-16(10-8-12)15-14(18)13-5-3-2-4-6-13/h2-10H,1H3/p+1. The number of rotatable bonds is 3. The third kappa shape index (κ3) is 2.79. The molecule has 1 aromatic carbocycles. The second-order valence-corrected chi connectivity index (χ2v) is 3.86. The second kappa shape index (κ2) is 5.23. The van der Waals surface area contributed by atoms with E-state index >= 15 is 0 Å². The smallest absolute Gasteiger partial charge is 0.295 e. The molecule has 0 fully saturated rings. The average Bonchev–Trinajstić information content (AvgIpc) is 2.40. The zero-order valence-electron chi connectivity index (χ0n) is 9.96. The molecule has 0 aliphatic heterocycles. The van der Waals surface area contributed by atoms with E-state index in [-0.39, 0.29) is 11.7 Å². The van der Waals surface area contributed by atoms with Crippen LogP contribution in [0.2, 0.25) is 0 Å². The summed E-state index contributed by atoms with van der Waals surface area (Å²) < 4.78 is 1.52. The molecule has 18 heavy (non-hydrogen) atoms. The molecule has 0 saturated carbocycles. The van der Waals surface area contributed by atoms with Gasteiger partial charge in [-0.15, -0.1) is 5.43 Å². The molecule has 2 aromatic rings. The molecular formula is C14H13N2O2+. The molecule has 0 spiro atoms. The zero-order chi connectivity index (χ0) is 13.0. The van der Waals surface area contributed by atoms with E-state index < -0.39 is 0 Å². The largest absolute Gasteiger partial charge is 0.305 e. The minimum Gasteiger partial charge on any atom is -0.295 e. The summed E-state index contributed by atoms with van der Waals surface area (Å²) >= 11 is 0. The zero-order valence-corrected chi connectivity index (χ0v) is 9.96. The topological polar surface area (TPSA) is 50.0 Å². The quantitative estimate of drug-likeness (QED) is 0.655. The number of ketones is 1. The lowest BCUT2D eigenvalue weighted by Crippen LogP contribution is -2.47. The van der Waals surface area contributed by atoms with Crippen LogP contribution < -0.4 is 10.1 Å². The maximum Gasteiger partial charge on any atom is 0.305 e. The Kier molecular flexibility index (Phi) is 3.48. The molecule has 0 aliphatic carbocycles. The van der Waals surface area contributed by atoms with Crippen molar-refractivity contribution in [2.24, 2.45) is 0 Å². The summed E-state index contributed by atoms with van der Waals surface area (Å²) in [6.07, 6.45) is 3.27. The highest BCUT2D eigenvalue weighted by Gasteiger charge is 2.10. The van der Waals surface area contributed by atoms with Crippen LogP contribution in [0.5, 0.6) is 0 Å². The third-order valence-electron chi connectivity index (χ3n) is 2.50. The molecule has 0 saturated heterocycles. The van der Waals surface area contributed by atoms with Gasteiger partial charge in [-0.1, -0.05) is 22.9 Å². The van der Waals surface area contributed by atoms with Crippen molar-refractivity contribution in [2.45, 2.75) is 6.92 Å². The van der Waals surface area contributed by atoms with E-state index in [1.54, 1.807) is 48.8 Å². The number of nitrogens with one attached hydrogen (secondary N) is 1. The summed E-state index contributed by atoms with van der Waals surface area (Å²) in [5.74, 6) is -0.201. The first-order valence-electron chi connectivity index (χ1n) is 5.55. The molecule has 0 aliphatic rings. The number of nitrogens with zero attached hydrogens (tertiary/aromatic N) is 1. The van der Waals surface area contributed by atoms with E-state index in [0.717, 1.165) is 0 Å². The predicted octanol–water partition coefficient (Wildman–Crippen LogP) is 1.56. The summed E-state index contributed by atoms with van der Waals surface area (Å²) in [6, 6.07) is 12.3. The Hall–Kier alpha value is -2.49. The summed E-state index contributed by atoms with van der Waals surface area (Å²) in [4.78, 5) is 22.9. The van der Waals surface area contributed by atoms with Crippen molar-refractivity contribution in [1.82, 2.24) is 0 Å². The van der Waals surface area contributed by atoms with Gasteiger partial charge in [0.05, 0.1) is 0 Å². The number of carbonyl (C=O) groups is 2. The summed E-state index contributed by atoms with van der Waals surface area (Å²) in [5, 5.41) is 0. The molecule has 1 aromatic heterocycles. The lowest BCUT2D eigenvalue weighted by Gasteiger charge is -1.99. The molecule has 90 valence electrons. The first-order chi connectivity index (χ1) is 8.66. The van der Waals surface area contributed by atoms with Crippen LogP contribution in [0, 0.1) is 0 Å². The van der Waals surface area contributed by atoms with Gasteiger partial charge < -0.3 is 0 Å². The second-order valence-electron chi connectivity index (χ2n) is 3.86. The van der Waals surface area contributed by atoms with Crippen molar-refractivity contribution >= 4 is 11.7 Å². The SMILES string of the molecule is CC(=O)c1cc[n+](NC(=O)c2ccccc2)cc1. The highest BCUT2D eigenvalue weighted by molar-refractivity contribution is 5.98. The number of carbonyl (C=O) groups excluding carboxylic acids is 2. The Labute approximate surface area is 105 Å². The highest BCUT2D eigenvalue weighted by atomic mass is 16.2. The first-order valence-corrected chi connectivity index (χ1v) is 5.55. The van der Waals surface area contributed by atoms with E-state index in [1.165, 1.54) is 11.6 Å². The van der Waals surface area contributed by atoms with Crippen molar-refractivity contribution in [3.8, 4) is 0 Å². The number of hydrogen-bond acceptors (Lipinski definition) is 2. The van der Waals surface area contributed by atoms with E-state index in [2.05, 4.69) is 5.43 Å². The van der Waals surface area contributed by atoms with Crippen LogP contribution in [0.4, 0.5) is 0 Å². The van der Waals surface area contributed by atoms with Crippen LogP contribution in [-0.2, 0) is 0 Å². The Morgan fingerprint density at radius 1 is 0.944 bits per heavy atom. The van der Waals surface area contributed by atoms with Gasteiger partial charge in [0.2, 0.25) is 12.4 Å². The molecule has 1 amide bonds. The van der Waals surface area contributed by atoms with Crippen molar-refractivity contribution in [3.05, 3.63) is 66.0 Å². The predicted molar refractivity (Wildman–Crippen MR) is 66.8 cm³/mol. The lowest BCUT2D eigenvalue weighted by molar-refractivity contribution is -0.641. The number of amides is 1. The van der Waals surface area contributed by atoms with Crippen LogP contribution in [0.1, 0.15) is 27.6 Å². The highest BCUT2D eigenvalue weighted by Crippen LogP contribution is 1.98. The Balaban J connectivity index is 2.10. The maximum absolute atomic E-state index is 11.8. The lowest BCUT2D eigenvalue weighted by atomic mass is 10.2. The fraction of sp³-hybridized carbons (Fsp3) is 0.0714. The Morgan fingerprint density at radius 2 is 1.56 bits per heavy atom. The minimum atomic E-state index is -0.198. The van der Waals surface area contributed by atoms with Crippen LogP contribution >= 0.6 is 0 Å². The van der Waals surface area contributed by atoms with Crippen LogP contribution in [0.3, 0.4) is 0 Å². The summed E-state index contributed by atoms with van der Waals surface area (Å²) in [6.45, 7) is 1.50. The number of hydrogen-bond donors (Lipinski definition) is 1. The number of benzene rings is 1. The van der Waals surface area contributed by atoms with Crippen LogP contribution in [-0.4, -0.2) is 11.7 Å². The van der Waals surface area contributed by atoms with Gasteiger partial charge in [-0.2, -0.15) is 0 Å². The summed E-state index contributed by atoms with van der Waals surface area (Å²) in [7, 11) is 0. The Morgan fingerprint density at radius 3 is 2.11 bits per heavy atom. The number of aromatic nitrogens is 1. The van der Waals surface area contributed by atoms with Crippen molar-refractivity contribution in [2.75, 3.05) is 5.43 Å². The molecule has 4 heteroatoms. The molecule has 0 bridgehead atoms. The number of pyridine rings is 1. The average molecular weight is 241 g/mol. The van der Waals surface area contributed by atoms with Gasteiger partial charge in [0, 0.05) is 23.3 Å². The van der Waals surface area contributed by atoms with Gasteiger partial charge in [0.15, 0.2) is 5.78 Å². The Bertz CT molecular complexity index is 562. The molecule has 1 N–H and O–H groups in total. The van der Waals surface area contributed by atoms with Crippen molar-refractivity contribution in [1.29, 1.82) is 0 Å². The van der Waals surface area contributed by atoms with Gasteiger partial charge in [-0.3, -0.25) is 9.59 Å². The molecule has 2 rings (SSSR count). The monoisotopic (exact) mass is 241 g/mol. The third-order valence-corrected chi connectivity index (χ3v) is 2.50. The van der Waals surface area contributed by atoms with Crippen LogP contribution in [0.25, 0.3) is 0 Å². The van der Waals surface area contributed by atoms with E-state index in [9.17, 15) is 9.59 Å². The van der Waals surface area contributed by atoms with Crippen molar-refractivity contribution in [3.63, 3.8) is 0 Å². The van der Waals surface area contributed by atoms with E-state index in [0.29, 0.717) is 11.1 Å². The molecule has 1 heterocycles. The molecular weight excluding hydrogens is 228 g/mol. The first kappa shape index (κ1) is 12.0. The van der Waals surface area contributed by atoms with Gasteiger partial charge in [0.25, 0.3) is 0 Å². The van der Waals surface area contributed by atoms with Gasteiger partial charge in [0.1, 0.15) is 0 Å². The minimum absolute atomic E-state index is 0.00321. The molecule has 0 atom stereocenters. The van der Waals surface area contributed by atoms with E-state index in [4.69, 9.17) is 0 Å². The fourth-order valence-corrected chi connectivity index (χ4v) is 1.51. The molecule has 0 unspecified atom stereocenters. The molecule has 4 nitrogen and oxygen atoms in total. The van der Waals surface area contributed by atoms with Gasteiger partial charge in [-0.05, 0) is 19.1 Å².